The number of carbonyl (C=O) groups is 1. The molecule has 0 spiro atoms. The highest BCUT2D eigenvalue weighted by Gasteiger charge is 2.26. The Morgan fingerprint density at radius 1 is 1.17 bits per heavy atom. The maximum atomic E-state index is 12.5. The van der Waals surface area contributed by atoms with E-state index in [1.807, 2.05) is 0 Å². The van der Waals surface area contributed by atoms with Gasteiger partial charge in [-0.05, 0) is 24.3 Å². The summed E-state index contributed by atoms with van der Waals surface area (Å²) in [7, 11) is -3.57. The Labute approximate surface area is 132 Å². The maximum absolute atomic E-state index is 12.5. The van der Waals surface area contributed by atoms with E-state index >= 15 is 0 Å². The third-order valence-electron chi connectivity index (χ3n) is 3.30. The fraction of sp³-hybridized carbons (Fsp3) is 0.308. The number of nitrogens with one attached hydrogen (secondary N) is 1. The molecule has 0 saturated carbocycles. The number of aromatic nitrogens is 2. The number of morpholine rings is 1. The van der Waals surface area contributed by atoms with E-state index in [2.05, 4.69) is 15.5 Å². The molecule has 0 atom stereocenters. The predicted octanol–water partition coefficient (Wildman–Crippen LogP) is 0.343. The van der Waals surface area contributed by atoms with Crippen LogP contribution in [0.1, 0.15) is 10.4 Å². The lowest BCUT2D eigenvalue weighted by Crippen LogP contribution is -2.40. The average molecular weight is 338 g/mol. The van der Waals surface area contributed by atoms with Gasteiger partial charge < -0.3 is 9.15 Å². The van der Waals surface area contributed by atoms with Crippen LogP contribution in [0.15, 0.2) is 40.0 Å². The van der Waals surface area contributed by atoms with Gasteiger partial charge in [-0.3, -0.25) is 10.1 Å². The summed E-state index contributed by atoms with van der Waals surface area (Å²) in [4.78, 5) is 12.1. The molecule has 0 aliphatic carbocycles. The number of rotatable bonds is 4. The molecular weight excluding hydrogens is 324 g/mol. The van der Waals surface area contributed by atoms with Gasteiger partial charge in [0.15, 0.2) is 0 Å². The second-order valence-electron chi connectivity index (χ2n) is 4.74. The van der Waals surface area contributed by atoms with Gasteiger partial charge in [0.2, 0.25) is 16.4 Å². The predicted molar refractivity (Wildman–Crippen MR) is 78.3 cm³/mol. The Hall–Kier alpha value is -2.30. The van der Waals surface area contributed by atoms with Gasteiger partial charge in [-0.2, -0.15) is 4.31 Å². The van der Waals surface area contributed by atoms with Gasteiger partial charge in [-0.1, -0.05) is 5.10 Å². The van der Waals surface area contributed by atoms with Crippen molar-refractivity contribution in [1.82, 2.24) is 14.5 Å². The molecule has 0 bridgehead atoms. The number of ether oxygens (including phenoxy) is 1. The fourth-order valence-corrected chi connectivity index (χ4v) is 3.52. The summed E-state index contributed by atoms with van der Waals surface area (Å²) in [5.74, 6) is -0.468. The summed E-state index contributed by atoms with van der Waals surface area (Å²) in [6.45, 7) is 1.40. The molecule has 0 radical (unpaired) electrons. The van der Waals surface area contributed by atoms with Crippen LogP contribution in [-0.4, -0.2) is 55.1 Å². The van der Waals surface area contributed by atoms with Crippen molar-refractivity contribution in [3.8, 4) is 0 Å². The molecule has 10 heteroatoms. The van der Waals surface area contributed by atoms with Gasteiger partial charge in [0, 0.05) is 18.7 Å². The van der Waals surface area contributed by atoms with Gasteiger partial charge in [0.25, 0.3) is 5.91 Å². The van der Waals surface area contributed by atoms with E-state index in [0.29, 0.717) is 26.3 Å². The number of sulfonamides is 1. The third-order valence-corrected chi connectivity index (χ3v) is 5.22. The van der Waals surface area contributed by atoms with Crippen molar-refractivity contribution in [2.75, 3.05) is 31.6 Å². The first kappa shape index (κ1) is 15.6. The van der Waals surface area contributed by atoms with Gasteiger partial charge in [0.1, 0.15) is 0 Å². The zero-order chi connectivity index (χ0) is 16.3. The maximum Gasteiger partial charge on any atom is 0.322 e. The van der Waals surface area contributed by atoms with Crippen molar-refractivity contribution in [2.45, 2.75) is 4.90 Å². The number of nitrogens with zero attached hydrogens (tertiary/aromatic N) is 3. The van der Waals surface area contributed by atoms with Crippen LogP contribution in [0.25, 0.3) is 0 Å². The first-order valence-corrected chi connectivity index (χ1v) is 8.27. The van der Waals surface area contributed by atoms with Crippen molar-refractivity contribution in [1.29, 1.82) is 0 Å². The first-order valence-electron chi connectivity index (χ1n) is 6.83. The second kappa shape index (κ2) is 6.44. The quantitative estimate of drug-likeness (QED) is 0.855. The Balaban J connectivity index is 1.74. The van der Waals surface area contributed by atoms with Crippen molar-refractivity contribution in [2.24, 2.45) is 0 Å². The second-order valence-corrected chi connectivity index (χ2v) is 6.68. The van der Waals surface area contributed by atoms with Crippen LogP contribution in [0.4, 0.5) is 6.01 Å². The van der Waals surface area contributed by atoms with Crippen LogP contribution in [0.3, 0.4) is 0 Å². The molecule has 1 aromatic carbocycles. The normalized spacial score (nSPS) is 16.2. The van der Waals surface area contributed by atoms with Crippen LogP contribution in [0, 0.1) is 0 Å². The van der Waals surface area contributed by atoms with Crippen LogP contribution in [0.5, 0.6) is 0 Å². The molecule has 1 aliphatic rings. The van der Waals surface area contributed by atoms with E-state index in [9.17, 15) is 13.2 Å². The number of carbonyl (C=O) groups excluding carboxylic acids is 1. The Kier molecular flexibility index (Phi) is 4.37. The summed E-state index contributed by atoms with van der Waals surface area (Å²) in [6, 6.07) is 5.62. The van der Waals surface area contributed by atoms with E-state index in [1.54, 1.807) is 0 Å². The summed E-state index contributed by atoms with van der Waals surface area (Å²) in [5.41, 5.74) is 0.282. The zero-order valence-electron chi connectivity index (χ0n) is 12.0. The summed E-state index contributed by atoms with van der Waals surface area (Å²) in [6.07, 6.45) is 1.09. The molecule has 1 fully saturated rings. The topological polar surface area (TPSA) is 115 Å². The van der Waals surface area contributed by atoms with Gasteiger partial charge in [-0.15, -0.1) is 5.10 Å². The Morgan fingerprint density at radius 3 is 2.48 bits per heavy atom. The highest BCUT2D eigenvalue weighted by Crippen LogP contribution is 2.18. The molecule has 1 aliphatic heterocycles. The number of anilines is 1. The van der Waals surface area contributed by atoms with Crippen molar-refractivity contribution >= 4 is 21.9 Å². The van der Waals surface area contributed by atoms with Crippen LogP contribution in [-0.2, 0) is 14.8 Å². The van der Waals surface area contributed by atoms with E-state index in [-0.39, 0.29) is 16.5 Å². The van der Waals surface area contributed by atoms with Crippen molar-refractivity contribution < 1.29 is 22.4 Å². The highest BCUT2D eigenvalue weighted by molar-refractivity contribution is 7.89. The Bertz CT molecular complexity index is 767. The number of benzene rings is 1. The minimum Gasteiger partial charge on any atom is -0.411 e. The molecule has 23 heavy (non-hydrogen) atoms. The lowest BCUT2D eigenvalue weighted by Gasteiger charge is -2.26. The molecule has 3 rings (SSSR count). The molecule has 122 valence electrons. The fourth-order valence-electron chi connectivity index (χ4n) is 2.11. The monoisotopic (exact) mass is 338 g/mol. The third kappa shape index (κ3) is 3.38. The lowest BCUT2D eigenvalue weighted by atomic mass is 10.2. The first-order chi connectivity index (χ1) is 11.1. The molecular formula is C13H14N4O5S. The summed E-state index contributed by atoms with van der Waals surface area (Å²) >= 11 is 0. The number of hydrogen-bond acceptors (Lipinski definition) is 7. The Morgan fingerprint density at radius 2 is 1.87 bits per heavy atom. The molecule has 1 amide bonds. The van der Waals surface area contributed by atoms with E-state index in [0.717, 1.165) is 6.39 Å². The number of hydrogen-bond donors (Lipinski definition) is 1. The highest BCUT2D eigenvalue weighted by atomic mass is 32.2. The molecule has 9 nitrogen and oxygen atoms in total. The van der Waals surface area contributed by atoms with Crippen molar-refractivity contribution in [3.05, 3.63) is 36.2 Å². The summed E-state index contributed by atoms with van der Waals surface area (Å²) in [5, 5.41) is 9.38. The standard InChI is InChI=1S/C13H14N4O5S/c18-12(15-13-16-14-9-22-13)10-1-3-11(4-2-10)23(19,20)17-5-7-21-8-6-17/h1-4,9H,5-8H2,(H,15,16,18). The largest absolute Gasteiger partial charge is 0.411 e. The van der Waals surface area contributed by atoms with E-state index in [4.69, 9.17) is 9.15 Å². The average Bonchev–Trinajstić information content (AvgIpc) is 3.09. The molecule has 1 N–H and O–H groups in total. The van der Waals surface area contributed by atoms with Crippen molar-refractivity contribution in [3.63, 3.8) is 0 Å². The van der Waals surface area contributed by atoms with Gasteiger partial charge in [0.05, 0.1) is 18.1 Å². The molecule has 1 saturated heterocycles. The summed E-state index contributed by atoms with van der Waals surface area (Å²) < 4.78 is 36.3. The molecule has 2 aromatic rings. The van der Waals surface area contributed by atoms with Crippen LogP contribution >= 0.6 is 0 Å². The van der Waals surface area contributed by atoms with Crippen LogP contribution < -0.4 is 5.32 Å². The zero-order valence-corrected chi connectivity index (χ0v) is 12.8. The van der Waals surface area contributed by atoms with Crippen LogP contribution in [0.2, 0.25) is 0 Å². The molecule has 0 unspecified atom stereocenters. The minimum absolute atomic E-state index is 0.0278. The number of amides is 1. The smallest absolute Gasteiger partial charge is 0.322 e. The van der Waals surface area contributed by atoms with E-state index in [1.165, 1.54) is 28.6 Å². The SMILES string of the molecule is O=C(Nc1nnco1)c1ccc(S(=O)(=O)N2CCOCC2)cc1. The molecule has 2 heterocycles. The minimum atomic E-state index is -3.57. The van der Waals surface area contributed by atoms with Gasteiger partial charge >= 0.3 is 6.01 Å². The molecule has 1 aromatic heterocycles. The lowest BCUT2D eigenvalue weighted by molar-refractivity contribution is 0.0730. The van der Waals surface area contributed by atoms with Gasteiger partial charge in [-0.25, -0.2) is 8.42 Å². The van der Waals surface area contributed by atoms with E-state index < -0.39 is 15.9 Å².